The summed E-state index contributed by atoms with van der Waals surface area (Å²) in [6.07, 6.45) is 3.43. The van der Waals surface area contributed by atoms with Crippen LogP contribution in [0.4, 0.5) is 0 Å². The van der Waals surface area contributed by atoms with E-state index in [1.54, 1.807) is 0 Å². The molecule has 0 aromatic carbocycles. The number of unbranched alkanes of at least 4 members (excludes halogenated alkanes) is 2. The van der Waals surface area contributed by atoms with Gasteiger partial charge in [0.05, 0.1) is 19.4 Å². The van der Waals surface area contributed by atoms with E-state index in [9.17, 15) is 9.59 Å². The largest absolute Gasteiger partial charge is 0.481 e. The van der Waals surface area contributed by atoms with E-state index < -0.39 is 17.9 Å². The molecule has 0 bridgehead atoms. The topological polar surface area (TPSA) is 63.6 Å². The van der Waals surface area contributed by atoms with Crippen LogP contribution in [0.15, 0.2) is 0 Å². The van der Waals surface area contributed by atoms with Crippen LogP contribution in [0.1, 0.15) is 39.0 Å². The van der Waals surface area contributed by atoms with E-state index in [0.29, 0.717) is 6.42 Å². The number of ether oxygens (including phenoxy) is 1. The molecule has 4 heteroatoms. The molecule has 0 rings (SSSR count). The van der Waals surface area contributed by atoms with Crippen LogP contribution in [0.25, 0.3) is 0 Å². The quantitative estimate of drug-likeness (QED) is 0.505. The highest BCUT2D eigenvalue weighted by atomic mass is 16.5. The first-order chi connectivity index (χ1) is 6.61. The van der Waals surface area contributed by atoms with E-state index in [2.05, 4.69) is 11.7 Å². The third-order valence-corrected chi connectivity index (χ3v) is 2.11. The molecule has 1 N–H and O–H groups in total. The number of carboxylic acid groups (broad SMARTS) is 1. The Morgan fingerprint density at radius 2 is 2.00 bits per heavy atom. The first-order valence-electron chi connectivity index (χ1n) is 4.91. The minimum atomic E-state index is -0.947. The van der Waals surface area contributed by atoms with Crippen molar-refractivity contribution >= 4 is 11.9 Å². The van der Waals surface area contributed by atoms with Gasteiger partial charge in [0.25, 0.3) is 0 Å². The van der Waals surface area contributed by atoms with E-state index in [1.807, 2.05) is 0 Å². The second-order valence-corrected chi connectivity index (χ2v) is 3.31. The van der Waals surface area contributed by atoms with Gasteiger partial charge >= 0.3 is 11.9 Å². The molecule has 0 aliphatic heterocycles. The summed E-state index contributed by atoms with van der Waals surface area (Å²) in [4.78, 5) is 21.6. The fourth-order valence-electron chi connectivity index (χ4n) is 1.32. The summed E-state index contributed by atoms with van der Waals surface area (Å²) < 4.78 is 4.54. The molecular formula is C10H18O4. The van der Waals surface area contributed by atoms with Gasteiger partial charge in [-0.05, 0) is 6.42 Å². The Labute approximate surface area is 84.3 Å². The van der Waals surface area contributed by atoms with Crippen molar-refractivity contribution in [2.75, 3.05) is 7.11 Å². The zero-order valence-electron chi connectivity index (χ0n) is 8.78. The van der Waals surface area contributed by atoms with Crippen molar-refractivity contribution in [1.29, 1.82) is 0 Å². The van der Waals surface area contributed by atoms with Crippen LogP contribution in [0.3, 0.4) is 0 Å². The van der Waals surface area contributed by atoms with Crippen LogP contribution in [-0.2, 0) is 14.3 Å². The Kier molecular flexibility index (Phi) is 6.80. The van der Waals surface area contributed by atoms with Gasteiger partial charge in [0, 0.05) is 0 Å². The lowest BCUT2D eigenvalue weighted by Gasteiger charge is -2.11. The predicted octanol–water partition coefficient (Wildman–Crippen LogP) is 1.83. The summed E-state index contributed by atoms with van der Waals surface area (Å²) in [5, 5.41) is 8.58. The number of esters is 1. The lowest BCUT2D eigenvalue weighted by molar-refractivity contribution is -0.151. The van der Waals surface area contributed by atoms with Gasteiger partial charge in [-0.25, -0.2) is 0 Å². The van der Waals surface area contributed by atoms with Gasteiger partial charge in [0.2, 0.25) is 0 Å². The first-order valence-corrected chi connectivity index (χ1v) is 4.91. The highest BCUT2D eigenvalue weighted by molar-refractivity contribution is 5.78. The van der Waals surface area contributed by atoms with E-state index in [1.165, 1.54) is 7.11 Å². The van der Waals surface area contributed by atoms with Gasteiger partial charge in [-0.2, -0.15) is 0 Å². The Balaban J connectivity index is 3.97. The van der Waals surface area contributed by atoms with Crippen molar-refractivity contribution < 1.29 is 19.4 Å². The summed E-state index contributed by atoms with van der Waals surface area (Å²) in [7, 11) is 1.29. The second-order valence-electron chi connectivity index (χ2n) is 3.31. The number of hydrogen-bond donors (Lipinski definition) is 1. The van der Waals surface area contributed by atoms with E-state index in [-0.39, 0.29) is 6.42 Å². The zero-order valence-corrected chi connectivity index (χ0v) is 8.78. The van der Waals surface area contributed by atoms with Gasteiger partial charge in [0.1, 0.15) is 0 Å². The van der Waals surface area contributed by atoms with Crippen LogP contribution in [0.5, 0.6) is 0 Å². The monoisotopic (exact) mass is 202 g/mol. The molecule has 0 aromatic heterocycles. The van der Waals surface area contributed by atoms with E-state index >= 15 is 0 Å². The second kappa shape index (κ2) is 7.35. The van der Waals surface area contributed by atoms with E-state index in [4.69, 9.17) is 5.11 Å². The molecule has 82 valence electrons. The molecule has 1 atom stereocenters. The van der Waals surface area contributed by atoms with Crippen molar-refractivity contribution in [3.63, 3.8) is 0 Å². The van der Waals surface area contributed by atoms with Gasteiger partial charge in [-0.15, -0.1) is 0 Å². The Morgan fingerprint density at radius 3 is 2.43 bits per heavy atom. The van der Waals surface area contributed by atoms with Crippen LogP contribution >= 0.6 is 0 Å². The summed E-state index contributed by atoms with van der Waals surface area (Å²) in [6, 6.07) is 0. The maximum atomic E-state index is 11.2. The molecule has 0 aliphatic carbocycles. The van der Waals surface area contributed by atoms with Crippen LogP contribution in [0, 0.1) is 5.92 Å². The Hall–Kier alpha value is -1.06. The summed E-state index contributed by atoms with van der Waals surface area (Å²) in [6.45, 7) is 2.06. The molecule has 0 saturated heterocycles. The molecule has 0 heterocycles. The smallest absolute Gasteiger partial charge is 0.309 e. The van der Waals surface area contributed by atoms with Gasteiger partial charge in [-0.3, -0.25) is 9.59 Å². The zero-order chi connectivity index (χ0) is 11.0. The van der Waals surface area contributed by atoms with Crippen molar-refractivity contribution in [3.8, 4) is 0 Å². The Morgan fingerprint density at radius 1 is 1.36 bits per heavy atom. The molecule has 0 aromatic rings. The molecule has 0 amide bonds. The minimum absolute atomic E-state index is 0.129. The van der Waals surface area contributed by atoms with Crippen molar-refractivity contribution in [1.82, 2.24) is 0 Å². The van der Waals surface area contributed by atoms with Crippen molar-refractivity contribution in [2.24, 2.45) is 5.92 Å². The van der Waals surface area contributed by atoms with Gasteiger partial charge in [-0.1, -0.05) is 26.2 Å². The average molecular weight is 202 g/mol. The molecule has 0 saturated carbocycles. The number of carbonyl (C=O) groups excluding carboxylic acids is 1. The molecule has 0 fully saturated rings. The Bertz CT molecular complexity index is 189. The molecule has 0 spiro atoms. The van der Waals surface area contributed by atoms with Crippen molar-refractivity contribution in [3.05, 3.63) is 0 Å². The van der Waals surface area contributed by atoms with Crippen LogP contribution in [-0.4, -0.2) is 24.2 Å². The lowest BCUT2D eigenvalue weighted by Crippen LogP contribution is -2.19. The minimum Gasteiger partial charge on any atom is -0.481 e. The van der Waals surface area contributed by atoms with Gasteiger partial charge in [0.15, 0.2) is 0 Å². The fraction of sp³-hybridized carbons (Fsp3) is 0.800. The maximum absolute atomic E-state index is 11.2. The predicted molar refractivity (Wildman–Crippen MR) is 51.9 cm³/mol. The molecule has 4 nitrogen and oxygen atoms in total. The van der Waals surface area contributed by atoms with Crippen LogP contribution < -0.4 is 0 Å². The third-order valence-electron chi connectivity index (χ3n) is 2.11. The van der Waals surface area contributed by atoms with Gasteiger partial charge < -0.3 is 9.84 Å². The summed E-state index contributed by atoms with van der Waals surface area (Å²) >= 11 is 0. The lowest BCUT2D eigenvalue weighted by atomic mass is 9.98. The fourth-order valence-corrected chi connectivity index (χ4v) is 1.32. The third kappa shape index (κ3) is 5.56. The number of aliphatic carboxylic acids is 1. The van der Waals surface area contributed by atoms with Crippen LogP contribution in [0.2, 0.25) is 0 Å². The number of carboxylic acids is 1. The highest BCUT2D eigenvalue weighted by Crippen LogP contribution is 2.15. The molecule has 14 heavy (non-hydrogen) atoms. The number of methoxy groups -OCH3 is 1. The number of rotatable bonds is 7. The van der Waals surface area contributed by atoms with E-state index in [0.717, 1.165) is 19.3 Å². The summed E-state index contributed by atoms with van der Waals surface area (Å²) in [5.74, 6) is -1.84. The standard InChI is InChI=1S/C10H18O4/c1-3-4-5-6-8(7-9(11)12)10(13)14-2/h8H,3-7H2,1-2H3,(H,11,12)/t8-/m0/s1. The molecule has 0 unspecified atom stereocenters. The average Bonchev–Trinajstić information content (AvgIpc) is 2.15. The molecule has 0 radical (unpaired) electrons. The highest BCUT2D eigenvalue weighted by Gasteiger charge is 2.21. The number of carbonyl (C=O) groups is 2. The summed E-state index contributed by atoms with van der Waals surface area (Å²) in [5.41, 5.74) is 0. The molecular weight excluding hydrogens is 184 g/mol. The van der Waals surface area contributed by atoms with Crippen molar-refractivity contribution in [2.45, 2.75) is 39.0 Å². The SMILES string of the molecule is CCCCC[C@@H](CC(=O)O)C(=O)OC. The first kappa shape index (κ1) is 12.9. The normalized spacial score (nSPS) is 12.1. The molecule has 0 aliphatic rings. The number of hydrogen-bond acceptors (Lipinski definition) is 3. The maximum Gasteiger partial charge on any atom is 0.309 e.